The summed E-state index contributed by atoms with van der Waals surface area (Å²) in [4.78, 5) is 11.9. The number of fused-ring (bicyclic) bond motifs is 3. The molecule has 0 spiro atoms. The van der Waals surface area contributed by atoms with E-state index in [2.05, 4.69) is 0 Å². The summed E-state index contributed by atoms with van der Waals surface area (Å²) in [5.41, 5.74) is 2.48. The molecular weight excluding hydrogens is 256 g/mol. The van der Waals surface area contributed by atoms with Crippen molar-refractivity contribution in [2.45, 2.75) is 32.6 Å². The predicted molar refractivity (Wildman–Crippen MR) is 75.4 cm³/mol. The van der Waals surface area contributed by atoms with Gasteiger partial charge in [0.05, 0.1) is 19.3 Å². The number of esters is 1. The highest BCUT2D eigenvalue weighted by atomic mass is 16.5. The molecule has 1 aliphatic carbocycles. The second kappa shape index (κ2) is 5.19. The Bertz CT molecular complexity index is 654. The highest BCUT2D eigenvalue weighted by Gasteiger charge is 2.22. The van der Waals surface area contributed by atoms with Gasteiger partial charge in [-0.05, 0) is 38.3 Å². The lowest BCUT2D eigenvalue weighted by molar-refractivity contribution is 0.0526. The summed E-state index contributed by atoms with van der Waals surface area (Å²) in [6.45, 7) is 2.16. The van der Waals surface area contributed by atoms with Crippen molar-refractivity contribution >= 4 is 16.9 Å². The lowest BCUT2D eigenvalue weighted by Gasteiger charge is -2.09. The van der Waals surface area contributed by atoms with Crippen molar-refractivity contribution < 1.29 is 18.7 Å². The van der Waals surface area contributed by atoms with Crippen LogP contribution in [-0.4, -0.2) is 19.7 Å². The van der Waals surface area contributed by atoms with Crippen LogP contribution in [0.2, 0.25) is 0 Å². The lowest BCUT2D eigenvalue weighted by atomic mass is 9.95. The Morgan fingerprint density at radius 3 is 2.85 bits per heavy atom. The SMILES string of the molecule is CCOC(=O)c1cc(OC)c2oc3c(c2c1)CCCC3. The fourth-order valence-corrected chi connectivity index (χ4v) is 2.81. The number of aryl methyl sites for hydroxylation is 2. The van der Waals surface area contributed by atoms with Crippen LogP contribution in [0.3, 0.4) is 0 Å². The van der Waals surface area contributed by atoms with E-state index in [0.29, 0.717) is 17.9 Å². The van der Waals surface area contributed by atoms with E-state index >= 15 is 0 Å². The average Bonchev–Trinajstić information content (AvgIpc) is 2.85. The summed E-state index contributed by atoms with van der Waals surface area (Å²) in [5.74, 6) is 1.31. The van der Waals surface area contributed by atoms with Gasteiger partial charge in [0, 0.05) is 17.4 Å². The molecule has 20 heavy (non-hydrogen) atoms. The minimum absolute atomic E-state index is 0.321. The van der Waals surface area contributed by atoms with Crippen LogP contribution in [0.25, 0.3) is 11.0 Å². The Morgan fingerprint density at radius 2 is 2.10 bits per heavy atom. The molecule has 0 radical (unpaired) electrons. The standard InChI is InChI=1S/C16H18O4/c1-3-19-16(17)10-8-12-11-6-4-5-7-13(11)20-15(12)14(9-10)18-2/h8-9H,3-7H2,1-2H3. The molecule has 1 aromatic heterocycles. The molecule has 0 aliphatic heterocycles. The topological polar surface area (TPSA) is 48.7 Å². The first-order valence-electron chi connectivity index (χ1n) is 7.04. The Labute approximate surface area is 117 Å². The minimum atomic E-state index is -0.321. The van der Waals surface area contributed by atoms with Crippen molar-refractivity contribution in [3.63, 3.8) is 0 Å². The maximum Gasteiger partial charge on any atom is 0.338 e. The molecule has 0 atom stereocenters. The zero-order valence-electron chi connectivity index (χ0n) is 11.8. The van der Waals surface area contributed by atoms with Crippen LogP contribution in [0, 0.1) is 0 Å². The van der Waals surface area contributed by atoms with Gasteiger partial charge in [-0.3, -0.25) is 0 Å². The van der Waals surface area contributed by atoms with Crippen molar-refractivity contribution in [2.75, 3.05) is 13.7 Å². The summed E-state index contributed by atoms with van der Waals surface area (Å²) in [6, 6.07) is 3.55. The zero-order valence-corrected chi connectivity index (χ0v) is 11.8. The van der Waals surface area contributed by atoms with E-state index in [1.54, 1.807) is 20.1 Å². The second-order valence-corrected chi connectivity index (χ2v) is 4.99. The number of hydrogen-bond acceptors (Lipinski definition) is 4. The van der Waals surface area contributed by atoms with Crippen LogP contribution in [0.5, 0.6) is 5.75 Å². The number of rotatable bonds is 3. The monoisotopic (exact) mass is 274 g/mol. The van der Waals surface area contributed by atoms with Crippen LogP contribution in [0.4, 0.5) is 0 Å². The molecule has 1 aliphatic rings. The van der Waals surface area contributed by atoms with E-state index in [9.17, 15) is 4.79 Å². The number of carbonyl (C=O) groups is 1. The molecule has 4 nitrogen and oxygen atoms in total. The molecule has 0 fully saturated rings. The van der Waals surface area contributed by atoms with Gasteiger partial charge in [0.2, 0.25) is 0 Å². The van der Waals surface area contributed by atoms with Gasteiger partial charge in [-0.1, -0.05) is 0 Å². The van der Waals surface area contributed by atoms with E-state index in [4.69, 9.17) is 13.9 Å². The first kappa shape index (κ1) is 13.0. The maximum atomic E-state index is 11.9. The highest BCUT2D eigenvalue weighted by molar-refractivity contribution is 5.98. The van der Waals surface area contributed by atoms with Crippen molar-refractivity contribution in [1.29, 1.82) is 0 Å². The van der Waals surface area contributed by atoms with Crippen LogP contribution < -0.4 is 4.74 Å². The zero-order chi connectivity index (χ0) is 14.1. The number of benzene rings is 1. The number of ether oxygens (including phenoxy) is 2. The Balaban J connectivity index is 2.18. The molecule has 2 aromatic rings. The molecule has 0 amide bonds. The van der Waals surface area contributed by atoms with Crippen molar-refractivity contribution in [3.8, 4) is 5.75 Å². The molecule has 4 heteroatoms. The molecule has 1 heterocycles. The fraction of sp³-hybridized carbons (Fsp3) is 0.438. The third-order valence-electron chi connectivity index (χ3n) is 3.75. The molecule has 3 rings (SSSR count). The summed E-state index contributed by atoms with van der Waals surface area (Å²) in [5, 5.41) is 0.988. The smallest absolute Gasteiger partial charge is 0.338 e. The molecule has 106 valence electrons. The summed E-state index contributed by atoms with van der Waals surface area (Å²) in [6.07, 6.45) is 4.27. The van der Waals surface area contributed by atoms with Crippen molar-refractivity contribution in [1.82, 2.24) is 0 Å². The van der Waals surface area contributed by atoms with Crippen LogP contribution in [0.15, 0.2) is 16.5 Å². The number of carbonyl (C=O) groups excluding carboxylic acids is 1. The minimum Gasteiger partial charge on any atom is -0.493 e. The molecule has 0 bridgehead atoms. The summed E-state index contributed by atoms with van der Waals surface area (Å²) >= 11 is 0. The predicted octanol–water partition coefficient (Wildman–Crippen LogP) is 3.50. The van der Waals surface area contributed by atoms with Crippen LogP contribution in [0.1, 0.15) is 41.4 Å². The van der Waals surface area contributed by atoms with E-state index < -0.39 is 0 Å². The summed E-state index contributed by atoms with van der Waals surface area (Å²) in [7, 11) is 1.59. The van der Waals surface area contributed by atoms with E-state index in [1.165, 1.54) is 5.56 Å². The van der Waals surface area contributed by atoms with Gasteiger partial charge in [-0.25, -0.2) is 4.79 Å². The van der Waals surface area contributed by atoms with Crippen molar-refractivity contribution in [2.24, 2.45) is 0 Å². The van der Waals surface area contributed by atoms with Gasteiger partial charge in [-0.15, -0.1) is 0 Å². The summed E-state index contributed by atoms with van der Waals surface area (Å²) < 4.78 is 16.4. The number of methoxy groups -OCH3 is 1. The average molecular weight is 274 g/mol. The normalized spacial score (nSPS) is 14.1. The Kier molecular flexibility index (Phi) is 3.38. The lowest BCUT2D eigenvalue weighted by Crippen LogP contribution is -2.05. The van der Waals surface area contributed by atoms with Gasteiger partial charge >= 0.3 is 5.97 Å². The van der Waals surface area contributed by atoms with Crippen LogP contribution in [-0.2, 0) is 17.6 Å². The molecule has 1 aromatic carbocycles. The van der Waals surface area contributed by atoms with E-state index in [-0.39, 0.29) is 5.97 Å². The number of hydrogen-bond donors (Lipinski definition) is 0. The molecule has 0 saturated carbocycles. The Hall–Kier alpha value is -1.97. The van der Waals surface area contributed by atoms with Crippen LogP contribution >= 0.6 is 0 Å². The van der Waals surface area contributed by atoms with Crippen molar-refractivity contribution in [3.05, 3.63) is 29.0 Å². The second-order valence-electron chi connectivity index (χ2n) is 4.99. The molecule has 0 unspecified atom stereocenters. The van der Waals surface area contributed by atoms with E-state index in [0.717, 1.165) is 42.4 Å². The molecule has 0 saturated heterocycles. The number of furan rings is 1. The van der Waals surface area contributed by atoms with Gasteiger partial charge < -0.3 is 13.9 Å². The first-order chi connectivity index (χ1) is 9.74. The van der Waals surface area contributed by atoms with Gasteiger partial charge in [0.15, 0.2) is 11.3 Å². The van der Waals surface area contributed by atoms with Gasteiger partial charge in [0.25, 0.3) is 0 Å². The first-order valence-corrected chi connectivity index (χ1v) is 7.04. The quantitative estimate of drug-likeness (QED) is 0.804. The fourth-order valence-electron chi connectivity index (χ4n) is 2.81. The molecule has 0 N–H and O–H groups in total. The molecular formula is C16H18O4. The van der Waals surface area contributed by atoms with E-state index in [1.807, 2.05) is 6.07 Å². The highest BCUT2D eigenvalue weighted by Crippen LogP contribution is 2.37. The third kappa shape index (κ3) is 2.05. The van der Waals surface area contributed by atoms with Gasteiger partial charge in [-0.2, -0.15) is 0 Å². The third-order valence-corrected chi connectivity index (χ3v) is 3.75. The largest absolute Gasteiger partial charge is 0.493 e. The maximum absolute atomic E-state index is 11.9. The Morgan fingerprint density at radius 1 is 1.30 bits per heavy atom. The van der Waals surface area contributed by atoms with Gasteiger partial charge in [0.1, 0.15) is 5.76 Å².